The molecule has 0 heterocycles. The van der Waals surface area contributed by atoms with E-state index in [-0.39, 0.29) is 18.0 Å². The van der Waals surface area contributed by atoms with E-state index in [4.69, 9.17) is 14.2 Å². The summed E-state index contributed by atoms with van der Waals surface area (Å²) in [5.74, 6) is 0.0838. The molecule has 0 aliphatic heterocycles. The van der Waals surface area contributed by atoms with Crippen molar-refractivity contribution in [3.63, 3.8) is 0 Å². The minimum Gasteiger partial charge on any atom is -0.497 e. The summed E-state index contributed by atoms with van der Waals surface area (Å²) in [5, 5.41) is 5.64. The van der Waals surface area contributed by atoms with Crippen molar-refractivity contribution in [2.45, 2.75) is 19.4 Å². The second-order valence-corrected chi connectivity index (χ2v) is 7.69. The molecule has 3 aromatic carbocycles. The maximum absolute atomic E-state index is 12.8. The fourth-order valence-corrected chi connectivity index (χ4v) is 3.51. The topological polar surface area (TPSA) is 103 Å². The van der Waals surface area contributed by atoms with Gasteiger partial charge in [0, 0.05) is 18.7 Å². The Morgan fingerprint density at radius 1 is 0.829 bits per heavy atom. The molecule has 0 saturated carbocycles. The lowest BCUT2D eigenvalue weighted by atomic mass is 10.1. The van der Waals surface area contributed by atoms with Crippen LogP contribution in [0.3, 0.4) is 0 Å². The van der Waals surface area contributed by atoms with Gasteiger partial charge in [-0.15, -0.1) is 0 Å². The van der Waals surface area contributed by atoms with Crippen molar-refractivity contribution in [3.05, 3.63) is 89.0 Å². The highest BCUT2D eigenvalue weighted by atomic mass is 16.5. The van der Waals surface area contributed by atoms with Crippen molar-refractivity contribution < 1.29 is 28.6 Å². The predicted molar refractivity (Wildman–Crippen MR) is 132 cm³/mol. The molecular weight excluding hydrogens is 448 g/mol. The van der Waals surface area contributed by atoms with Crippen LogP contribution in [-0.4, -0.2) is 39.1 Å². The van der Waals surface area contributed by atoms with Gasteiger partial charge in [-0.2, -0.15) is 0 Å². The highest BCUT2D eigenvalue weighted by Crippen LogP contribution is 2.21. The summed E-state index contributed by atoms with van der Waals surface area (Å²) >= 11 is 0. The van der Waals surface area contributed by atoms with E-state index in [9.17, 15) is 14.4 Å². The van der Waals surface area contributed by atoms with E-state index < -0.39 is 11.9 Å². The second kappa shape index (κ2) is 12.2. The third kappa shape index (κ3) is 7.07. The lowest BCUT2D eigenvalue weighted by molar-refractivity contribution is -0.121. The normalized spacial score (nSPS) is 10.3. The van der Waals surface area contributed by atoms with E-state index in [0.29, 0.717) is 35.4 Å². The number of rotatable bonds is 10. The summed E-state index contributed by atoms with van der Waals surface area (Å²) in [6.45, 7) is 0.180. The van der Waals surface area contributed by atoms with Crippen molar-refractivity contribution in [1.29, 1.82) is 0 Å². The number of amides is 2. The number of nitrogens with one attached hydrogen (secondary N) is 2. The Morgan fingerprint density at radius 2 is 1.63 bits per heavy atom. The number of anilines is 1. The summed E-state index contributed by atoms with van der Waals surface area (Å²) in [5.41, 5.74) is 2.63. The summed E-state index contributed by atoms with van der Waals surface area (Å²) in [6.07, 6.45) is 0.854. The number of hydrogen-bond donors (Lipinski definition) is 2. The van der Waals surface area contributed by atoms with Crippen molar-refractivity contribution in [2.75, 3.05) is 26.6 Å². The van der Waals surface area contributed by atoms with Crippen LogP contribution in [0.5, 0.6) is 11.5 Å². The number of esters is 1. The van der Waals surface area contributed by atoms with Crippen LogP contribution in [-0.2, 0) is 22.5 Å². The quantitative estimate of drug-likeness (QED) is 0.429. The molecule has 0 spiro atoms. The number of carbonyl (C=O) groups is 3. The number of methoxy groups -OCH3 is 3. The molecule has 0 aliphatic carbocycles. The Bertz CT molecular complexity index is 1210. The molecule has 0 atom stereocenters. The molecule has 182 valence electrons. The third-order valence-electron chi connectivity index (χ3n) is 5.29. The minimum absolute atomic E-state index is 0.143. The lowest BCUT2D eigenvalue weighted by Crippen LogP contribution is -2.23. The Morgan fingerprint density at radius 3 is 2.37 bits per heavy atom. The van der Waals surface area contributed by atoms with Crippen LogP contribution in [0.25, 0.3) is 0 Å². The van der Waals surface area contributed by atoms with E-state index in [2.05, 4.69) is 10.6 Å². The fraction of sp³-hybridized carbons (Fsp3) is 0.222. The average molecular weight is 477 g/mol. The summed E-state index contributed by atoms with van der Waals surface area (Å²) in [4.78, 5) is 37.4. The number of benzene rings is 3. The van der Waals surface area contributed by atoms with E-state index in [0.717, 1.165) is 11.3 Å². The smallest absolute Gasteiger partial charge is 0.337 e. The highest BCUT2D eigenvalue weighted by molar-refractivity contribution is 6.06. The first-order valence-electron chi connectivity index (χ1n) is 11.0. The molecule has 0 fully saturated rings. The molecule has 8 heteroatoms. The van der Waals surface area contributed by atoms with Gasteiger partial charge < -0.3 is 24.8 Å². The minimum atomic E-state index is -0.552. The Kier molecular flexibility index (Phi) is 8.83. The Hall–Kier alpha value is -4.33. The van der Waals surface area contributed by atoms with Crippen LogP contribution < -0.4 is 20.1 Å². The van der Waals surface area contributed by atoms with Gasteiger partial charge in [0.05, 0.1) is 32.5 Å². The van der Waals surface area contributed by atoms with Gasteiger partial charge in [0.15, 0.2) is 0 Å². The standard InChI is InChI=1S/C27H28N2O6/c1-33-22-8-6-7-18(15-22)11-12-25(30)28-17-19-13-20(27(32)35-3)16-21(14-19)29-26(31)23-9-4-5-10-24(23)34-2/h4-10,13-16H,11-12,17H2,1-3H3,(H,28,30)(H,29,31). The summed E-state index contributed by atoms with van der Waals surface area (Å²) in [6, 6.07) is 19.2. The maximum Gasteiger partial charge on any atom is 0.337 e. The molecule has 0 radical (unpaired) electrons. The zero-order chi connectivity index (χ0) is 25.2. The van der Waals surface area contributed by atoms with Gasteiger partial charge in [-0.25, -0.2) is 4.79 Å². The highest BCUT2D eigenvalue weighted by Gasteiger charge is 2.15. The van der Waals surface area contributed by atoms with Crippen molar-refractivity contribution >= 4 is 23.5 Å². The number of hydrogen-bond acceptors (Lipinski definition) is 6. The molecule has 2 N–H and O–H groups in total. The summed E-state index contributed by atoms with van der Waals surface area (Å²) < 4.78 is 15.3. The Labute approximate surface area is 204 Å². The van der Waals surface area contributed by atoms with Crippen molar-refractivity contribution in [1.82, 2.24) is 5.32 Å². The molecule has 8 nitrogen and oxygen atoms in total. The van der Waals surface area contributed by atoms with Gasteiger partial charge in [-0.05, 0) is 60.0 Å². The fourth-order valence-electron chi connectivity index (χ4n) is 3.51. The number of para-hydroxylation sites is 1. The van der Waals surface area contributed by atoms with E-state index in [1.54, 1.807) is 43.5 Å². The molecule has 0 unspecified atom stereocenters. The van der Waals surface area contributed by atoms with Crippen LogP contribution in [0.2, 0.25) is 0 Å². The number of ether oxygens (including phenoxy) is 3. The zero-order valence-corrected chi connectivity index (χ0v) is 19.9. The monoisotopic (exact) mass is 476 g/mol. The molecule has 2 amide bonds. The van der Waals surface area contributed by atoms with Crippen molar-refractivity contribution in [3.8, 4) is 11.5 Å². The molecule has 0 bridgehead atoms. The van der Waals surface area contributed by atoms with E-state index >= 15 is 0 Å². The van der Waals surface area contributed by atoms with Crippen LogP contribution in [0.1, 0.15) is 38.3 Å². The number of carbonyl (C=O) groups excluding carboxylic acids is 3. The maximum atomic E-state index is 12.8. The van der Waals surface area contributed by atoms with E-state index in [1.165, 1.54) is 20.3 Å². The third-order valence-corrected chi connectivity index (χ3v) is 5.29. The van der Waals surface area contributed by atoms with Crippen LogP contribution in [0.4, 0.5) is 5.69 Å². The molecule has 3 rings (SSSR count). The van der Waals surface area contributed by atoms with Crippen LogP contribution in [0, 0.1) is 0 Å². The Balaban J connectivity index is 1.69. The van der Waals surface area contributed by atoms with Gasteiger partial charge >= 0.3 is 5.97 Å². The molecular formula is C27H28N2O6. The van der Waals surface area contributed by atoms with E-state index in [1.807, 2.05) is 24.3 Å². The zero-order valence-electron chi connectivity index (χ0n) is 19.9. The molecule has 0 aromatic heterocycles. The first-order valence-corrected chi connectivity index (χ1v) is 11.0. The van der Waals surface area contributed by atoms with Gasteiger partial charge in [0.1, 0.15) is 11.5 Å². The summed E-state index contributed by atoms with van der Waals surface area (Å²) in [7, 11) is 4.36. The molecule has 35 heavy (non-hydrogen) atoms. The SMILES string of the molecule is COC(=O)c1cc(CNC(=O)CCc2cccc(OC)c2)cc(NC(=O)c2ccccc2OC)c1. The second-order valence-electron chi connectivity index (χ2n) is 7.69. The largest absolute Gasteiger partial charge is 0.497 e. The van der Waals surface area contributed by atoms with Gasteiger partial charge in [0.2, 0.25) is 5.91 Å². The van der Waals surface area contributed by atoms with Gasteiger partial charge in [-0.1, -0.05) is 24.3 Å². The lowest BCUT2D eigenvalue weighted by Gasteiger charge is -2.13. The van der Waals surface area contributed by atoms with Gasteiger partial charge in [-0.3, -0.25) is 9.59 Å². The number of aryl methyl sites for hydroxylation is 1. The van der Waals surface area contributed by atoms with Crippen LogP contribution >= 0.6 is 0 Å². The first kappa shape index (κ1) is 25.3. The van der Waals surface area contributed by atoms with Crippen LogP contribution in [0.15, 0.2) is 66.7 Å². The first-order chi connectivity index (χ1) is 16.9. The molecule has 0 aliphatic rings. The molecule has 0 saturated heterocycles. The predicted octanol–water partition coefficient (Wildman–Crippen LogP) is 3.99. The average Bonchev–Trinajstić information content (AvgIpc) is 2.90. The van der Waals surface area contributed by atoms with Gasteiger partial charge in [0.25, 0.3) is 5.91 Å². The molecule has 3 aromatic rings. The van der Waals surface area contributed by atoms with Crippen molar-refractivity contribution in [2.24, 2.45) is 0 Å².